The van der Waals surface area contributed by atoms with E-state index in [0.29, 0.717) is 6.04 Å². The second-order valence-corrected chi connectivity index (χ2v) is 8.38. The maximum Gasteiger partial charge on any atom is 0.180 e. The Hall–Kier alpha value is -1.69. The zero-order valence-electron chi connectivity index (χ0n) is 13.6. The molecule has 24 heavy (non-hydrogen) atoms. The van der Waals surface area contributed by atoms with Crippen molar-refractivity contribution in [3.05, 3.63) is 65.2 Å². The molecule has 0 saturated heterocycles. The first-order valence-electron chi connectivity index (χ1n) is 8.31. The van der Waals surface area contributed by atoms with E-state index in [2.05, 4.69) is 29.6 Å². The predicted molar refractivity (Wildman–Crippen MR) is 94.7 cm³/mol. The molecule has 0 aromatic heterocycles. The molecule has 2 aromatic rings. The van der Waals surface area contributed by atoms with Crippen LogP contribution in [0.3, 0.4) is 0 Å². The number of rotatable bonds is 6. The molecule has 1 atom stereocenters. The Bertz CT molecular complexity index is 785. The third kappa shape index (κ3) is 4.04. The van der Waals surface area contributed by atoms with Gasteiger partial charge in [-0.2, -0.15) is 0 Å². The molecule has 0 fully saturated rings. The molecule has 0 amide bonds. The average Bonchev–Trinajstić information content (AvgIpc) is 2.60. The summed E-state index contributed by atoms with van der Waals surface area (Å²) >= 11 is 0. The lowest BCUT2D eigenvalue weighted by Gasteiger charge is -2.25. The van der Waals surface area contributed by atoms with Crippen LogP contribution < -0.4 is 5.32 Å². The number of nitrogens with one attached hydrogen (secondary N) is 1. The number of hydrogen-bond donors (Lipinski definition) is 2. The minimum atomic E-state index is -3.37. The largest absolute Gasteiger partial charge is 0.395 e. The Morgan fingerprint density at radius 3 is 2.46 bits per heavy atom. The number of aryl methyl sites for hydroxylation is 1. The fourth-order valence-electron chi connectivity index (χ4n) is 3.19. The molecular weight excluding hydrogens is 322 g/mol. The van der Waals surface area contributed by atoms with Crippen molar-refractivity contribution in [3.8, 4) is 0 Å². The number of sulfone groups is 1. The highest BCUT2D eigenvalue weighted by Gasteiger charge is 2.18. The third-order valence-electron chi connectivity index (χ3n) is 4.58. The molecule has 0 spiro atoms. The van der Waals surface area contributed by atoms with Crippen LogP contribution in [-0.2, 0) is 29.2 Å². The van der Waals surface area contributed by atoms with Crippen LogP contribution in [0, 0.1) is 0 Å². The highest BCUT2D eigenvalue weighted by atomic mass is 32.2. The molecule has 0 saturated carbocycles. The van der Waals surface area contributed by atoms with E-state index in [1.807, 2.05) is 12.1 Å². The van der Waals surface area contributed by atoms with E-state index in [1.165, 1.54) is 11.1 Å². The van der Waals surface area contributed by atoms with Crippen molar-refractivity contribution in [2.75, 3.05) is 12.4 Å². The number of benzene rings is 2. The van der Waals surface area contributed by atoms with Gasteiger partial charge in [0.1, 0.15) is 0 Å². The Labute approximate surface area is 143 Å². The molecule has 1 aliphatic carbocycles. The van der Waals surface area contributed by atoms with E-state index >= 15 is 0 Å². The molecule has 5 heteroatoms. The van der Waals surface area contributed by atoms with Gasteiger partial charge >= 0.3 is 0 Å². The number of aliphatic hydroxyl groups excluding tert-OH is 1. The second kappa shape index (κ2) is 7.47. The molecule has 4 nitrogen and oxygen atoms in total. The van der Waals surface area contributed by atoms with Crippen molar-refractivity contribution in [1.82, 2.24) is 5.32 Å². The van der Waals surface area contributed by atoms with Gasteiger partial charge in [-0.15, -0.1) is 0 Å². The summed E-state index contributed by atoms with van der Waals surface area (Å²) < 4.78 is 23.8. The molecule has 0 unspecified atom stereocenters. The third-order valence-corrected chi connectivity index (χ3v) is 6.29. The highest BCUT2D eigenvalue weighted by molar-refractivity contribution is 7.91. The van der Waals surface area contributed by atoms with E-state index < -0.39 is 9.84 Å². The van der Waals surface area contributed by atoms with Crippen molar-refractivity contribution in [2.24, 2.45) is 0 Å². The van der Waals surface area contributed by atoms with E-state index in [0.717, 1.165) is 31.4 Å². The smallest absolute Gasteiger partial charge is 0.180 e. The summed E-state index contributed by atoms with van der Waals surface area (Å²) in [5.74, 6) is -0.230. The minimum Gasteiger partial charge on any atom is -0.395 e. The van der Waals surface area contributed by atoms with E-state index in [1.54, 1.807) is 12.1 Å². The first-order valence-corrected chi connectivity index (χ1v) is 9.96. The van der Waals surface area contributed by atoms with E-state index in [-0.39, 0.29) is 17.3 Å². The van der Waals surface area contributed by atoms with Crippen molar-refractivity contribution in [1.29, 1.82) is 0 Å². The van der Waals surface area contributed by atoms with Gasteiger partial charge in [0, 0.05) is 12.6 Å². The van der Waals surface area contributed by atoms with Gasteiger partial charge in [-0.1, -0.05) is 36.4 Å². The predicted octanol–water partition coefficient (Wildman–Crippen LogP) is 2.10. The first kappa shape index (κ1) is 17.1. The molecule has 0 radical (unpaired) electrons. The van der Waals surface area contributed by atoms with Crippen LogP contribution in [0.5, 0.6) is 0 Å². The van der Waals surface area contributed by atoms with Crippen LogP contribution in [0.2, 0.25) is 0 Å². The second-order valence-electron chi connectivity index (χ2n) is 6.28. The fourth-order valence-corrected chi connectivity index (χ4v) is 4.21. The lowest BCUT2D eigenvalue weighted by Crippen LogP contribution is -2.34. The molecule has 0 aliphatic heterocycles. The summed E-state index contributed by atoms with van der Waals surface area (Å²) in [4.78, 5) is 0.270. The van der Waals surface area contributed by atoms with Gasteiger partial charge < -0.3 is 10.4 Å². The molecule has 3 rings (SSSR count). The Morgan fingerprint density at radius 1 is 1.04 bits per heavy atom. The Balaban J connectivity index is 1.58. The maximum atomic E-state index is 11.9. The topological polar surface area (TPSA) is 66.4 Å². The van der Waals surface area contributed by atoms with E-state index in [4.69, 9.17) is 5.11 Å². The number of hydrogen-bond acceptors (Lipinski definition) is 4. The van der Waals surface area contributed by atoms with E-state index in [9.17, 15) is 8.42 Å². The molecule has 0 bridgehead atoms. The molecule has 128 valence electrons. The standard InChI is InChI=1S/C19H23NO3S/c21-11-12-24(22,23)19-9-5-15(6-10-19)14-20-18-8-7-16-3-1-2-4-17(16)13-18/h1-6,9-10,18,20-21H,7-8,11-14H2/t18-/m0/s1. The first-order chi connectivity index (χ1) is 11.6. The van der Waals surface area contributed by atoms with Crippen LogP contribution >= 0.6 is 0 Å². The summed E-state index contributed by atoms with van der Waals surface area (Å²) in [5, 5.41) is 12.4. The Kier molecular flexibility index (Phi) is 5.33. The lowest BCUT2D eigenvalue weighted by atomic mass is 9.88. The minimum absolute atomic E-state index is 0.230. The molecule has 0 heterocycles. The molecule has 1 aliphatic rings. The van der Waals surface area contributed by atoms with Gasteiger partial charge in [-0.3, -0.25) is 0 Å². The average molecular weight is 345 g/mol. The lowest BCUT2D eigenvalue weighted by molar-refractivity contribution is 0.319. The van der Waals surface area contributed by atoms with Crippen LogP contribution in [0.4, 0.5) is 0 Å². The molecule has 2 aromatic carbocycles. The van der Waals surface area contributed by atoms with Gasteiger partial charge in [-0.05, 0) is 48.1 Å². The quantitative estimate of drug-likeness (QED) is 0.841. The van der Waals surface area contributed by atoms with Crippen LogP contribution in [-0.4, -0.2) is 31.9 Å². The van der Waals surface area contributed by atoms with Crippen molar-refractivity contribution in [3.63, 3.8) is 0 Å². The Morgan fingerprint density at radius 2 is 1.75 bits per heavy atom. The van der Waals surface area contributed by atoms with Crippen molar-refractivity contribution >= 4 is 9.84 Å². The van der Waals surface area contributed by atoms with Crippen LogP contribution in [0.1, 0.15) is 23.1 Å². The van der Waals surface area contributed by atoms with Crippen molar-refractivity contribution < 1.29 is 13.5 Å². The van der Waals surface area contributed by atoms with Gasteiger partial charge in [-0.25, -0.2) is 8.42 Å². The van der Waals surface area contributed by atoms with Crippen molar-refractivity contribution in [2.45, 2.75) is 36.7 Å². The van der Waals surface area contributed by atoms with Gasteiger partial charge in [0.05, 0.1) is 17.3 Å². The fraction of sp³-hybridized carbons (Fsp3) is 0.368. The molecular formula is C19H23NO3S. The maximum absolute atomic E-state index is 11.9. The summed E-state index contributed by atoms with van der Waals surface area (Å²) in [6, 6.07) is 16.0. The summed E-state index contributed by atoms with van der Waals surface area (Å²) in [5.41, 5.74) is 3.94. The van der Waals surface area contributed by atoms with Gasteiger partial charge in [0.25, 0.3) is 0 Å². The van der Waals surface area contributed by atoms with Crippen LogP contribution in [0.15, 0.2) is 53.4 Å². The zero-order chi connectivity index (χ0) is 17.0. The SMILES string of the molecule is O=S(=O)(CCO)c1ccc(CN[C@H]2CCc3ccccc3C2)cc1. The molecule has 2 N–H and O–H groups in total. The number of fused-ring (bicyclic) bond motifs is 1. The van der Waals surface area contributed by atoms with Gasteiger partial charge in [0.2, 0.25) is 0 Å². The number of aliphatic hydroxyl groups is 1. The highest BCUT2D eigenvalue weighted by Crippen LogP contribution is 2.21. The van der Waals surface area contributed by atoms with Crippen LogP contribution in [0.25, 0.3) is 0 Å². The summed E-state index contributed by atoms with van der Waals surface area (Å²) in [7, 11) is -3.37. The van der Waals surface area contributed by atoms with Gasteiger partial charge in [0.15, 0.2) is 9.84 Å². The normalized spacial score (nSPS) is 17.5. The summed E-state index contributed by atoms with van der Waals surface area (Å²) in [6.07, 6.45) is 3.27. The summed E-state index contributed by atoms with van der Waals surface area (Å²) in [6.45, 7) is 0.377. The monoisotopic (exact) mass is 345 g/mol. The zero-order valence-corrected chi connectivity index (χ0v) is 14.4.